The maximum absolute atomic E-state index is 12.4. The van der Waals surface area contributed by atoms with Gasteiger partial charge in [0.05, 0.1) is 21.8 Å². The second-order valence-corrected chi connectivity index (χ2v) is 8.10. The molecule has 0 saturated carbocycles. The van der Waals surface area contributed by atoms with E-state index in [9.17, 15) is 4.79 Å². The summed E-state index contributed by atoms with van der Waals surface area (Å²) in [4.78, 5) is 16.9. The Hall–Kier alpha value is -2.60. The van der Waals surface area contributed by atoms with Crippen LogP contribution in [-0.4, -0.2) is 23.6 Å². The summed E-state index contributed by atoms with van der Waals surface area (Å²) in [6.45, 7) is 5.04. The number of thiazole rings is 1. The molecule has 0 saturated heterocycles. The maximum atomic E-state index is 12.4. The number of aryl methyl sites for hydroxylation is 1. The van der Waals surface area contributed by atoms with Crippen LogP contribution < -0.4 is 14.8 Å². The number of ether oxygens (including phenoxy) is 2. The maximum Gasteiger partial charge on any atom is 0.220 e. The Balaban J connectivity index is 1.37. The minimum atomic E-state index is 0.0106. The zero-order chi connectivity index (χ0) is 19.5. The molecule has 2 aromatic carbocycles. The van der Waals surface area contributed by atoms with Crippen LogP contribution in [0.2, 0.25) is 0 Å². The summed E-state index contributed by atoms with van der Waals surface area (Å²) in [7, 11) is 0. The van der Waals surface area contributed by atoms with Gasteiger partial charge in [0.25, 0.3) is 0 Å². The molecule has 6 heteroatoms. The van der Waals surface area contributed by atoms with E-state index in [2.05, 4.69) is 23.3 Å². The normalized spacial score (nSPS) is 15.3. The van der Waals surface area contributed by atoms with E-state index in [0.29, 0.717) is 26.0 Å². The summed E-state index contributed by atoms with van der Waals surface area (Å²) in [6, 6.07) is 12.1. The Morgan fingerprint density at radius 3 is 3.04 bits per heavy atom. The third kappa shape index (κ3) is 4.12. The number of hydrogen-bond acceptors (Lipinski definition) is 5. The molecule has 1 aliphatic rings. The zero-order valence-electron chi connectivity index (χ0n) is 16.2. The summed E-state index contributed by atoms with van der Waals surface area (Å²) in [5.74, 6) is 1.73. The molecule has 2 heterocycles. The van der Waals surface area contributed by atoms with Gasteiger partial charge in [-0.2, -0.15) is 0 Å². The van der Waals surface area contributed by atoms with E-state index in [4.69, 9.17) is 9.47 Å². The van der Waals surface area contributed by atoms with E-state index < -0.39 is 0 Å². The van der Waals surface area contributed by atoms with Gasteiger partial charge in [-0.1, -0.05) is 12.1 Å². The lowest BCUT2D eigenvalue weighted by Crippen LogP contribution is -2.23. The van der Waals surface area contributed by atoms with Crippen molar-refractivity contribution >= 4 is 27.5 Å². The minimum Gasteiger partial charge on any atom is -0.494 e. The highest BCUT2D eigenvalue weighted by Crippen LogP contribution is 2.35. The molecule has 1 atom stereocenters. The molecular weight excluding hydrogens is 372 g/mol. The molecule has 0 aliphatic carbocycles. The average molecular weight is 397 g/mol. The number of carbonyl (C=O) groups is 1. The molecule has 0 radical (unpaired) electrons. The molecule has 1 unspecified atom stereocenters. The van der Waals surface area contributed by atoms with Crippen LogP contribution in [0.15, 0.2) is 36.4 Å². The summed E-state index contributed by atoms with van der Waals surface area (Å²) in [6.07, 6.45) is 2.14. The van der Waals surface area contributed by atoms with E-state index in [1.165, 1.54) is 5.56 Å². The number of rotatable bonds is 7. The van der Waals surface area contributed by atoms with E-state index in [1.807, 2.05) is 37.3 Å². The van der Waals surface area contributed by atoms with Crippen LogP contribution in [-0.2, 0) is 24.2 Å². The topological polar surface area (TPSA) is 60.5 Å². The van der Waals surface area contributed by atoms with Crippen molar-refractivity contribution in [3.05, 3.63) is 52.5 Å². The van der Waals surface area contributed by atoms with E-state index in [1.54, 1.807) is 11.3 Å². The molecule has 1 aromatic heterocycles. The first-order valence-electron chi connectivity index (χ1n) is 9.68. The van der Waals surface area contributed by atoms with E-state index in [0.717, 1.165) is 38.7 Å². The van der Waals surface area contributed by atoms with Crippen molar-refractivity contribution < 1.29 is 14.3 Å². The van der Waals surface area contributed by atoms with Crippen LogP contribution in [0, 0.1) is 0 Å². The van der Waals surface area contributed by atoms with Gasteiger partial charge in [0.2, 0.25) is 5.91 Å². The second-order valence-electron chi connectivity index (χ2n) is 6.99. The van der Waals surface area contributed by atoms with Gasteiger partial charge < -0.3 is 14.8 Å². The lowest BCUT2D eigenvalue weighted by atomic mass is 10.1. The quantitative estimate of drug-likeness (QED) is 0.648. The molecule has 0 bridgehead atoms. The van der Waals surface area contributed by atoms with Crippen LogP contribution in [0.4, 0.5) is 0 Å². The van der Waals surface area contributed by atoms with Gasteiger partial charge >= 0.3 is 0 Å². The van der Waals surface area contributed by atoms with Gasteiger partial charge in [0, 0.05) is 36.9 Å². The number of fused-ring (bicyclic) bond motifs is 2. The Bertz CT molecular complexity index is 966. The van der Waals surface area contributed by atoms with Gasteiger partial charge in [0.15, 0.2) is 0 Å². The second kappa shape index (κ2) is 8.19. The van der Waals surface area contributed by atoms with Crippen LogP contribution >= 0.6 is 11.3 Å². The number of nitrogens with zero attached hydrogens (tertiary/aromatic N) is 1. The highest BCUT2D eigenvalue weighted by Gasteiger charge is 2.22. The van der Waals surface area contributed by atoms with Gasteiger partial charge in [-0.25, -0.2) is 4.98 Å². The van der Waals surface area contributed by atoms with Crippen molar-refractivity contribution in [1.82, 2.24) is 10.3 Å². The summed E-state index contributed by atoms with van der Waals surface area (Å²) in [5, 5.41) is 4.00. The monoisotopic (exact) mass is 396 g/mol. The fourth-order valence-electron chi connectivity index (χ4n) is 3.44. The predicted molar refractivity (Wildman–Crippen MR) is 111 cm³/mol. The van der Waals surface area contributed by atoms with Crippen LogP contribution in [0.1, 0.15) is 36.4 Å². The van der Waals surface area contributed by atoms with Gasteiger partial charge in [-0.15, -0.1) is 11.3 Å². The van der Waals surface area contributed by atoms with Gasteiger partial charge in [-0.05, 0) is 38.1 Å². The Morgan fingerprint density at radius 2 is 2.21 bits per heavy atom. The third-order valence-corrected chi connectivity index (χ3v) is 5.86. The third-order valence-electron chi connectivity index (χ3n) is 4.76. The van der Waals surface area contributed by atoms with Crippen molar-refractivity contribution in [1.29, 1.82) is 0 Å². The molecule has 4 rings (SSSR count). The molecule has 5 nitrogen and oxygen atoms in total. The molecule has 1 aliphatic heterocycles. The molecule has 146 valence electrons. The highest BCUT2D eigenvalue weighted by molar-refractivity contribution is 7.18. The van der Waals surface area contributed by atoms with Gasteiger partial charge in [0.1, 0.15) is 17.6 Å². The average Bonchev–Trinajstić information content (AvgIpc) is 3.26. The Labute approximate surface area is 168 Å². The first-order valence-corrected chi connectivity index (χ1v) is 10.5. The van der Waals surface area contributed by atoms with Crippen LogP contribution in [0.5, 0.6) is 11.5 Å². The summed E-state index contributed by atoms with van der Waals surface area (Å²) >= 11 is 1.65. The highest BCUT2D eigenvalue weighted by atomic mass is 32.1. The number of benzene rings is 2. The van der Waals surface area contributed by atoms with Crippen LogP contribution in [0.25, 0.3) is 10.2 Å². The Morgan fingerprint density at radius 1 is 1.36 bits per heavy atom. The first kappa shape index (κ1) is 18.7. The Kier molecular flexibility index (Phi) is 5.48. The van der Waals surface area contributed by atoms with E-state index >= 15 is 0 Å². The van der Waals surface area contributed by atoms with Crippen molar-refractivity contribution in [2.75, 3.05) is 6.61 Å². The number of carbonyl (C=O) groups excluding carboxylic acids is 1. The van der Waals surface area contributed by atoms with Crippen molar-refractivity contribution in [2.24, 2.45) is 0 Å². The molecule has 28 heavy (non-hydrogen) atoms. The predicted octanol–water partition coefficient (Wildman–Crippen LogP) is 4.27. The molecule has 0 fully saturated rings. The lowest BCUT2D eigenvalue weighted by Gasteiger charge is -2.13. The van der Waals surface area contributed by atoms with Crippen molar-refractivity contribution in [3.63, 3.8) is 0 Å². The van der Waals surface area contributed by atoms with Crippen molar-refractivity contribution in [2.45, 2.75) is 45.8 Å². The number of hydrogen-bond donors (Lipinski definition) is 1. The van der Waals surface area contributed by atoms with Crippen LogP contribution in [0.3, 0.4) is 0 Å². The molecular formula is C22H24N2O3S. The first-order chi connectivity index (χ1) is 13.6. The fraction of sp³-hybridized carbons (Fsp3) is 0.364. The summed E-state index contributed by atoms with van der Waals surface area (Å²) in [5.41, 5.74) is 3.11. The lowest BCUT2D eigenvalue weighted by molar-refractivity contribution is -0.121. The minimum absolute atomic E-state index is 0.0106. The molecule has 1 N–H and O–H groups in total. The number of nitrogens with one attached hydrogen (secondary N) is 1. The number of amides is 1. The molecule has 1 amide bonds. The molecule has 0 spiro atoms. The smallest absolute Gasteiger partial charge is 0.220 e. The number of aromatic nitrogens is 1. The number of para-hydroxylation sites is 1. The van der Waals surface area contributed by atoms with Gasteiger partial charge in [-0.3, -0.25) is 4.79 Å². The SMILES string of the molecule is CCOc1cc2c(cc1CNC(=O)CCc1nc3ccccc3s1)OC(C)C2. The largest absolute Gasteiger partial charge is 0.494 e. The summed E-state index contributed by atoms with van der Waals surface area (Å²) < 4.78 is 12.8. The molecule has 3 aromatic rings. The standard InChI is InChI=1S/C22H24N2O3S/c1-3-26-18-11-15-10-14(2)27-19(15)12-16(18)13-23-21(25)8-9-22-24-17-6-4-5-7-20(17)28-22/h4-7,11-12,14H,3,8-10,13H2,1-2H3,(H,23,25). The fourth-order valence-corrected chi connectivity index (χ4v) is 4.41. The van der Waals surface area contributed by atoms with Crippen molar-refractivity contribution in [3.8, 4) is 11.5 Å². The zero-order valence-corrected chi connectivity index (χ0v) is 17.0. The van der Waals surface area contributed by atoms with E-state index in [-0.39, 0.29) is 12.0 Å².